The molecule has 1 unspecified atom stereocenters. The summed E-state index contributed by atoms with van der Waals surface area (Å²) in [6, 6.07) is 9.76. The summed E-state index contributed by atoms with van der Waals surface area (Å²) in [4.78, 5) is 17.2. The van der Waals surface area contributed by atoms with Crippen LogP contribution in [-0.4, -0.2) is 56.0 Å². The average Bonchev–Trinajstić information content (AvgIpc) is 3.14. The maximum atomic E-state index is 13.1. The number of morpholine rings is 1. The van der Waals surface area contributed by atoms with Crippen molar-refractivity contribution in [3.05, 3.63) is 47.9 Å². The van der Waals surface area contributed by atoms with Gasteiger partial charge < -0.3 is 19.8 Å². The molecule has 9 nitrogen and oxygen atoms in total. The van der Waals surface area contributed by atoms with Crippen molar-refractivity contribution in [1.82, 2.24) is 9.29 Å². The van der Waals surface area contributed by atoms with Crippen LogP contribution in [0.4, 0.5) is 11.4 Å². The van der Waals surface area contributed by atoms with Crippen LogP contribution in [0.2, 0.25) is 0 Å². The first-order valence-electron chi connectivity index (χ1n) is 10.4. The summed E-state index contributed by atoms with van der Waals surface area (Å²) >= 11 is 0. The molecule has 1 amide bonds. The molecule has 0 aliphatic carbocycles. The zero-order valence-corrected chi connectivity index (χ0v) is 19.0. The molecule has 2 aromatic carbocycles. The molecule has 32 heavy (non-hydrogen) atoms. The minimum absolute atomic E-state index is 0.185. The van der Waals surface area contributed by atoms with Crippen molar-refractivity contribution >= 4 is 38.4 Å². The molecule has 3 aromatic rings. The molecule has 1 aliphatic rings. The number of carbonyl (C=O) groups is 1. The molecule has 1 saturated heterocycles. The monoisotopic (exact) mass is 458 g/mol. The molecule has 0 radical (unpaired) electrons. The van der Waals surface area contributed by atoms with Crippen LogP contribution in [0.25, 0.3) is 11.1 Å². The molecule has 2 heterocycles. The molecule has 0 spiro atoms. The van der Waals surface area contributed by atoms with E-state index in [1.54, 1.807) is 39.0 Å². The number of amides is 1. The maximum Gasteiger partial charge on any atom is 0.246 e. The molecule has 0 saturated carbocycles. The molecule has 10 heteroatoms. The second kappa shape index (κ2) is 8.89. The Morgan fingerprint density at radius 1 is 1.09 bits per heavy atom. The lowest BCUT2D eigenvalue weighted by Gasteiger charge is -2.27. The van der Waals surface area contributed by atoms with Crippen LogP contribution < -0.4 is 10.6 Å². The van der Waals surface area contributed by atoms with Crippen LogP contribution in [0.5, 0.6) is 0 Å². The molecule has 4 rings (SSSR count). The van der Waals surface area contributed by atoms with Gasteiger partial charge in [0.05, 0.1) is 18.1 Å². The highest BCUT2D eigenvalue weighted by atomic mass is 32.2. The fraction of sp³-hybridized carbons (Fsp3) is 0.364. The van der Waals surface area contributed by atoms with E-state index >= 15 is 0 Å². The Kier molecular flexibility index (Phi) is 6.18. The molecular formula is C22H26N4O5S. The van der Waals surface area contributed by atoms with Crippen LogP contribution >= 0.6 is 0 Å². The predicted octanol–water partition coefficient (Wildman–Crippen LogP) is 2.90. The number of aromatic nitrogens is 1. The van der Waals surface area contributed by atoms with Crippen molar-refractivity contribution in [1.29, 1.82) is 0 Å². The second-order valence-corrected chi connectivity index (χ2v) is 9.67. The number of fused-ring (bicyclic) bond motifs is 1. The van der Waals surface area contributed by atoms with Gasteiger partial charge in [-0.15, -0.1) is 0 Å². The SMILES string of the molecule is Cc1nc2cc(NC(C)C(=O)Nc3ccc(C)c(S(=O)(=O)N4CCOCC4)c3)ccc2o1. The molecule has 1 aliphatic heterocycles. The van der Waals surface area contributed by atoms with Gasteiger partial charge in [-0.1, -0.05) is 6.07 Å². The Morgan fingerprint density at radius 2 is 1.81 bits per heavy atom. The van der Waals surface area contributed by atoms with Gasteiger partial charge in [0.15, 0.2) is 11.5 Å². The number of oxazole rings is 1. The highest BCUT2D eigenvalue weighted by molar-refractivity contribution is 7.89. The number of anilines is 2. The minimum Gasteiger partial charge on any atom is -0.441 e. The number of sulfonamides is 1. The molecule has 1 atom stereocenters. The summed E-state index contributed by atoms with van der Waals surface area (Å²) in [6.45, 7) is 6.62. The smallest absolute Gasteiger partial charge is 0.246 e. The Balaban J connectivity index is 1.48. The fourth-order valence-electron chi connectivity index (χ4n) is 3.58. The summed E-state index contributed by atoms with van der Waals surface area (Å²) in [5, 5.41) is 5.94. The number of aryl methyl sites for hydroxylation is 2. The van der Waals surface area contributed by atoms with Gasteiger partial charge in [0.2, 0.25) is 15.9 Å². The van der Waals surface area contributed by atoms with Gasteiger partial charge in [-0.25, -0.2) is 13.4 Å². The summed E-state index contributed by atoms with van der Waals surface area (Å²) in [7, 11) is -3.67. The van der Waals surface area contributed by atoms with Crippen molar-refractivity contribution < 1.29 is 22.4 Å². The number of nitrogens with one attached hydrogen (secondary N) is 2. The van der Waals surface area contributed by atoms with E-state index in [0.717, 1.165) is 5.69 Å². The number of hydrogen-bond donors (Lipinski definition) is 2. The van der Waals surface area contributed by atoms with E-state index in [-0.39, 0.29) is 10.8 Å². The highest BCUT2D eigenvalue weighted by Crippen LogP contribution is 2.25. The van der Waals surface area contributed by atoms with Crippen molar-refractivity contribution in [3.8, 4) is 0 Å². The third-order valence-electron chi connectivity index (χ3n) is 5.31. The fourth-order valence-corrected chi connectivity index (χ4v) is 5.24. The first-order valence-corrected chi connectivity index (χ1v) is 11.8. The summed E-state index contributed by atoms with van der Waals surface area (Å²) in [5.74, 6) is 0.283. The van der Waals surface area contributed by atoms with E-state index in [0.29, 0.717) is 54.5 Å². The lowest BCUT2D eigenvalue weighted by Crippen LogP contribution is -2.40. The molecule has 170 valence electrons. The number of hydrogen-bond acceptors (Lipinski definition) is 7. The lowest BCUT2D eigenvalue weighted by molar-refractivity contribution is -0.116. The highest BCUT2D eigenvalue weighted by Gasteiger charge is 2.28. The van der Waals surface area contributed by atoms with E-state index in [2.05, 4.69) is 15.6 Å². The van der Waals surface area contributed by atoms with Gasteiger partial charge in [0.25, 0.3) is 0 Å². The third-order valence-corrected chi connectivity index (χ3v) is 7.36. The van der Waals surface area contributed by atoms with Crippen molar-refractivity contribution in [2.45, 2.75) is 31.7 Å². The molecular weight excluding hydrogens is 432 g/mol. The standard InChI is InChI=1S/C22H26N4O5S/c1-14-4-5-18(13-21(14)32(28,29)26-8-10-30-11-9-26)25-22(27)15(2)23-17-6-7-20-19(12-17)24-16(3)31-20/h4-7,12-13,15,23H,8-11H2,1-3H3,(H,25,27). The zero-order valence-electron chi connectivity index (χ0n) is 18.2. The minimum atomic E-state index is -3.67. The van der Waals surface area contributed by atoms with Gasteiger partial charge >= 0.3 is 0 Å². The van der Waals surface area contributed by atoms with E-state index in [1.807, 2.05) is 12.1 Å². The van der Waals surface area contributed by atoms with Crippen LogP contribution in [0, 0.1) is 13.8 Å². The molecule has 1 fully saturated rings. The van der Waals surface area contributed by atoms with Crippen LogP contribution in [0.3, 0.4) is 0 Å². The Labute approximate surface area is 186 Å². The van der Waals surface area contributed by atoms with E-state index in [4.69, 9.17) is 9.15 Å². The number of benzene rings is 2. The van der Waals surface area contributed by atoms with Gasteiger partial charge in [0, 0.05) is 31.4 Å². The largest absolute Gasteiger partial charge is 0.441 e. The summed E-state index contributed by atoms with van der Waals surface area (Å²) in [6.07, 6.45) is 0. The number of ether oxygens (including phenoxy) is 1. The molecule has 2 N–H and O–H groups in total. The predicted molar refractivity (Wildman–Crippen MR) is 121 cm³/mol. The number of carbonyl (C=O) groups excluding carboxylic acids is 1. The molecule has 1 aromatic heterocycles. The Hall–Kier alpha value is -2.95. The van der Waals surface area contributed by atoms with Crippen LogP contribution in [-0.2, 0) is 19.6 Å². The van der Waals surface area contributed by atoms with Gasteiger partial charge in [-0.3, -0.25) is 4.79 Å². The van der Waals surface area contributed by atoms with Gasteiger partial charge in [-0.05, 0) is 49.7 Å². The first-order chi connectivity index (χ1) is 15.2. The molecule has 0 bridgehead atoms. The normalized spacial score (nSPS) is 16.1. The summed E-state index contributed by atoms with van der Waals surface area (Å²) in [5.41, 5.74) is 3.16. The zero-order chi connectivity index (χ0) is 22.9. The average molecular weight is 459 g/mol. The van der Waals surface area contributed by atoms with Crippen LogP contribution in [0.1, 0.15) is 18.4 Å². The van der Waals surface area contributed by atoms with Crippen LogP contribution in [0.15, 0.2) is 45.7 Å². The van der Waals surface area contributed by atoms with Gasteiger partial charge in [0.1, 0.15) is 11.6 Å². The van der Waals surface area contributed by atoms with Gasteiger partial charge in [-0.2, -0.15) is 4.31 Å². The Bertz CT molecular complexity index is 1250. The topological polar surface area (TPSA) is 114 Å². The quantitative estimate of drug-likeness (QED) is 0.584. The third kappa shape index (κ3) is 4.62. The van der Waals surface area contributed by atoms with Crippen molar-refractivity contribution in [2.24, 2.45) is 0 Å². The van der Waals surface area contributed by atoms with E-state index in [1.165, 1.54) is 10.4 Å². The maximum absolute atomic E-state index is 13.1. The van der Waals surface area contributed by atoms with Crippen molar-refractivity contribution in [3.63, 3.8) is 0 Å². The first kappa shape index (κ1) is 22.3. The van der Waals surface area contributed by atoms with Crippen molar-refractivity contribution in [2.75, 3.05) is 36.9 Å². The van der Waals surface area contributed by atoms with E-state index < -0.39 is 16.1 Å². The summed E-state index contributed by atoms with van der Waals surface area (Å²) < 4.78 is 38.3. The number of nitrogens with zero attached hydrogens (tertiary/aromatic N) is 2. The Morgan fingerprint density at radius 3 is 2.56 bits per heavy atom. The second-order valence-electron chi connectivity index (χ2n) is 7.77. The number of rotatable bonds is 6. The van der Waals surface area contributed by atoms with E-state index in [9.17, 15) is 13.2 Å². The lowest BCUT2D eigenvalue weighted by atomic mass is 10.2.